The summed E-state index contributed by atoms with van der Waals surface area (Å²) < 4.78 is 28.2. The number of aromatic nitrogens is 1. The van der Waals surface area contributed by atoms with Crippen LogP contribution in [0, 0.1) is 42.2 Å². The van der Waals surface area contributed by atoms with Crippen molar-refractivity contribution in [2.24, 2.45) is 23.7 Å². The van der Waals surface area contributed by atoms with Gasteiger partial charge in [-0.05, 0) is 49.3 Å². The number of hydrogen-bond donors (Lipinski definition) is 7. The summed E-state index contributed by atoms with van der Waals surface area (Å²) in [5, 5.41) is 35.8. The van der Waals surface area contributed by atoms with Crippen LogP contribution in [0.5, 0.6) is 0 Å². The highest BCUT2D eigenvalue weighted by molar-refractivity contribution is 7.09. The summed E-state index contributed by atoms with van der Waals surface area (Å²) in [4.78, 5) is 68.3. The number of aliphatic hydroxyl groups excluding tert-OH is 1. The molecule has 278 valence electrons. The van der Waals surface area contributed by atoms with E-state index in [-0.39, 0.29) is 42.6 Å². The number of benzene rings is 1. The third-order valence-corrected chi connectivity index (χ3v) is 8.82. The van der Waals surface area contributed by atoms with Gasteiger partial charge in [0.2, 0.25) is 23.6 Å². The lowest BCUT2D eigenvalue weighted by molar-refractivity contribution is -0.133. The molecule has 0 radical (unpaired) electrons. The van der Waals surface area contributed by atoms with Gasteiger partial charge < -0.3 is 36.8 Å². The number of rotatable bonds is 19. The van der Waals surface area contributed by atoms with Gasteiger partial charge in [0.1, 0.15) is 23.7 Å². The van der Waals surface area contributed by atoms with Crippen molar-refractivity contribution in [1.29, 1.82) is 0 Å². The number of carboxylic acid groups (broad SMARTS) is 1. The molecule has 2 aromatic rings. The van der Waals surface area contributed by atoms with Crippen LogP contribution in [0.1, 0.15) is 64.2 Å². The van der Waals surface area contributed by atoms with Crippen molar-refractivity contribution in [3.05, 3.63) is 51.5 Å². The Labute approximate surface area is 295 Å². The van der Waals surface area contributed by atoms with Crippen molar-refractivity contribution in [3.8, 4) is 0 Å². The first-order valence-electron chi connectivity index (χ1n) is 16.6. The Bertz CT molecular complexity index is 1450. The molecular weight excluding hydrogens is 674 g/mol. The zero-order chi connectivity index (χ0) is 37.7. The largest absolute Gasteiger partial charge is 0.465 e. The maximum Gasteiger partial charge on any atom is 0.404 e. The Hall–Kier alpha value is -4.18. The third-order valence-electron chi connectivity index (χ3n) is 7.83. The van der Waals surface area contributed by atoms with E-state index in [2.05, 4.69) is 31.6 Å². The zero-order valence-electron chi connectivity index (χ0n) is 29.5. The van der Waals surface area contributed by atoms with E-state index in [1.54, 1.807) is 20.8 Å². The van der Waals surface area contributed by atoms with Crippen LogP contribution in [0.3, 0.4) is 0 Å². The van der Waals surface area contributed by atoms with Crippen LogP contribution in [0.15, 0.2) is 23.6 Å². The number of hydrogen-bond acceptors (Lipinski definition) is 8. The van der Waals surface area contributed by atoms with Gasteiger partial charge in [0.25, 0.3) is 0 Å². The summed E-state index contributed by atoms with van der Waals surface area (Å²) in [5.41, 5.74) is 0.879. The number of aliphatic hydroxyl groups is 1. The molecule has 16 heteroatoms. The van der Waals surface area contributed by atoms with Crippen LogP contribution in [0.25, 0.3) is 0 Å². The second-order valence-electron chi connectivity index (χ2n) is 13.4. The minimum atomic E-state index is -1.46. The third kappa shape index (κ3) is 14.4. The van der Waals surface area contributed by atoms with Crippen molar-refractivity contribution >= 4 is 41.1 Å². The fraction of sp³-hybridized carbons (Fsp3) is 0.588. The lowest BCUT2D eigenvalue weighted by Gasteiger charge is -2.29. The van der Waals surface area contributed by atoms with Crippen LogP contribution >= 0.6 is 11.3 Å². The first kappa shape index (κ1) is 42.0. The second kappa shape index (κ2) is 19.9. The lowest BCUT2D eigenvalue weighted by Crippen LogP contribution is -2.57. The standard InChI is InChI=1S/C34H50F2N6O7S/c1-17(2)14-37-33(47)29(18(3)4)42-31(45)19(5)8-27(43)25(12-22-10-23(35)13-24(36)11-22)40-32(46)26(15-38-34(48)49)41-30(44)20(6)9-28-39-21(7)16-50-28/h10-11,13,16-20,25-27,29,38,43H,8-9,12,14-15H2,1-7H3,(H,37,47)(H,40,46)(H,41,44)(H,42,45)(H,48,49)/t19-,20+,25+,26+,27+,29+/m1/s1. The maximum absolute atomic E-state index is 14.1. The number of carbonyl (C=O) groups is 5. The molecule has 0 bridgehead atoms. The molecule has 1 heterocycles. The van der Waals surface area contributed by atoms with Gasteiger partial charge in [-0.15, -0.1) is 11.3 Å². The molecule has 2 rings (SSSR count). The number of halogens is 2. The summed E-state index contributed by atoms with van der Waals surface area (Å²) >= 11 is 1.37. The highest BCUT2D eigenvalue weighted by atomic mass is 32.1. The van der Waals surface area contributed by atoms with E-state index in [4.69, 9.17) is 0 Å². The van der Waals surface area contributed by atoms with Crippen molar-refractivity contribution < 1.29 is 43.0 Å². The molecule has 1 aromatic heterocycles. The Morgan fingerprint density at radius 3 is 1.96 bits per heavy atom. The van der Waals surface area contributed by atoms with Crippen LogP contribution < -0.4 is 26.6 Å². The van der Waals surface area contributed by atoms with E-state index in [9.17, 15) is 43.0 Å². The van der Waals surface area contributed by atoms with Crippen LogP contribution in [0.4, 0.5) is 13.6 Å². The van der Waals surface area contributed by atoms with E-state index in [1.807, 2.05) is 26.2 Å². The summed E-state index contributed by atoms with van der Waals surface area (Å²) in [5.74, 6) is -5.69. The van der Waals surface area contributed by atoms with Gasteiger partial charge in [0.15, 0.2) is 0 Å². The van der Waals surface area contributed by atoms with Crippen molar-refractivity contribution in [3.63, 3.8) is 0 Å². The van der Waals surface area contributed by atoms with Gasteiger partial charge in [-0.3, -0.25) is 19.2 Å². The van der Waals surface area contributed by atoms with E-state index < -0.39 is 78.1 Å². The quantitative estimate of drug-likeness (QED) is 0.115. The molecule has 1 aromatic carbocycles. The predicted octanol–water partition coefficient (Wildman–Crippen LogP) is 2.69. The topological polar surface area (TPSA) is 199 Å². The Balaban J connectivity index is 2.27. The fourth-order valence-corrected chi connectivity index (χ4v) is 5.89. The SMILES string of the molecule is Cc1csc(C[C@H](C)C(=O)N[C@@H](CNC(=O)O)C(=O)N[C@@H](Cc2cc(F)cc(F)c2)[C@@H](O)C[C@@H](C)C(=O)N[C@H](C(=O)NCC(C)C)C(C)C)n1. The van der Waals surface area contributed by atoms with Crippen LogP contribution in [-0.4, -0.2) is 82.2 Å². The molecule has 5 amide bonds. The van der Waals surface area contributed by atoms with E-state index in [0.29, 0.717) is 17.6 Å². The molecule has 13 nitrogen and oxygen atoms in total. The molecule has 0 aliphatic carbocycles. The second-order valence-corrected chi connectivity index (χ2v) is 14.3. The minimum Gasteiger partial charge on any atom is -0.465 e. The molecule has 50 heavy (non-hydrogen) atoms. The maximum atomic E-state index is 14.1. The number of nitrogens with one attached hydrogen (secondary N) is 5. The van der Waals surface area contributed by atoms with Gasteiger partial charge in [-0.2, -0.15) is 0 Å². The Kier molecular flexibility index (Phi) is 16.7. The molecular formula is C34H50F2N6O7S. The minimum absolute atomic E-state index is 0.0854. The molecule has 0 aliphatic rings. The zero-order valence-corrected chi connectivity index (χ0v) is 30.3. The van der Waals surface area contributed by atoms with Gasteiger partial charge in [-0.1, -0.05) is 41.5 Å². The predicted molar refractivity (Wildman–Crippen MR) is 184 cm³/mol. The van der Waals surface area contributed by atoms with Gasteiger partial charge in [0.05, 0.1) is 23.7 Å². The lowest BCUT2D eigenvalue weighted by atomic mass is 9.92. The van der Waals surface area contributed by atoms with Crippen LogP contribution in [0.2, 0.25) is 0 Å². The summed E-state index contributed by atoms with van der Waals surface area (Å²) in [6.07, 6.45) is -3.16. The number of amides is 5. The average Bonchev–Trinajstić information content (AvgIpc) is 3.42. The first-order chi connectivity index (χ1) is 23.4. The van der Waals surface area contributed by atoms with E-state index in [1.165, 1.54) is 18.3 Å². The molecule has 7 N–H and O–H groups in total. The van der Waals surface area contributed by atoms with Gasteiger partial charge in [0, 0.05) is 41.9 Å². The Morgan fingerprint density at radius 1 is 0.800 bits per heavy atom. The first-order valence-corrected chi connectivity index (χ1v) is 17.4. The number of aryl methyl sites for hydroxylation is 1. The van der Waals surface area contributed by atoms with E-state index in [0.717, 1.165) is 17.8 Å². The highest BCUT2D eigenvalue weighted by Gasteiger charge is 2.32. The molecule has 6 atom stereocenters. The number of thiazole rings is 1. The molecule has 0 fully saturated rings. The van der Waals surface area contributed by atoms with Crippen molar-refractivity contribution in [2.45, 2.75) is 92.0 Å². The smallest absolute Gasteiger partial charge is 0.404 e. The normalized spacial score (nSPS) is 15.0. The number of nitrogens with zero attached hydrogens (tertiary/aromatic N) is 1. The molecule has 0 saturated heterocycles. The van der Waals surface area contributed by atoms with Crippen molar-refractivity contribution in [1.82, 2.24) is 31.6 Å². The van der Waals surface area contributed by atoms with Crippen LogP contribution in [-0.2, 0) is 32.0 Å². The summed E-state index contributed by atoms with van der Waals surface area (Å²) in [6.45, 7) is 12.3. The molecule has 0 saturated carbocycles. The fourth-order valence-electron chi connectivity index (χ4n) is 4.99. The van der Waals surface area contributed by atoms with E-state index >= 15 is 0 Å². The Morgan fingerprint density at radius 2 is 1.42 bits per heavy atom. The molecule has 0 spiro atoms. The van der Waals surface area contributed by atoms with Gasteiger partial charge in [-0.25, -0.2) is 18.6 Å². The number of carbonyl (C=O) groups excluding carboxylic acids is 4. The summed E-state index contributed by atoms with van der Waals surface area (Å²) in [7, 11) is 0. The molecule has 0 aliphatic heterocycles. The monoisotopic (exact) mass is 724 g/mol. The van der Waals surface area contributed by atoms with Gasteiger partial charge >= 0.3 is 6.09 Å². The van der Waals surface area contributed by atoms with Crippen molar-refractivity contribution in [2.75, 3.05) is 13.1 Å². The summed E-state index contributed by atoms with van der Waals surface area (Å²) in [6, 6.07) is -0.800. The molecule has 0 unspecified atom stereocenters. The highest BCUT2D eigenvalue weighted by Crippen LogP contribution is 2.18. The average molecular weight is 725 g/mol.